The summed E-state index contributed by atoms with van der Waals surface area (Å²) in [6.07, 6.45) is 6.54. The number of para-hydroxylation sites is 1. The van der Waals surface area contributed by atoms with Gasteiger partial charge in [-0.1, -0.05) is 49.2 Å². The van der Waals surface area contributed by atoms with Crippen molar-refractivity contribution in [3.05, 3.63) is 71.4 Å². The fourth-order valence-electron chi connectivity index (χ4n) is 5.32. The average molecular weight is 416 g/mol. The molecule has 3 heterocycles. The number of rotatable bonds is 3. The molecule has 3 aromatic rings. The third kappa shape index (κ3) is 3.23. The van der Waals surface area contributed by atoms with Gasteiger partial charge in [0.1, 0.15) is 6.04 Å². The second kappa shape index (κ2) is 7.88. The highest BCUT2D eigenvalue weighted by atomic mass is 16.2. The van der Waals surface area contributed by atoms with Gasteiger partial charge < -0.3 is 14.4 Å². The van der Waals surface area contributed by atoms with Crippen molar-refractivity contribution >= 4 is 22.7 Å². The maximum Gasteiger partial charge on any atom is 0.255 e. The number of benzene rings is 2. The summed E-state index contributed by atoms with van der Waals surface area (Å²) in [5.41, 5.74) is 3.89. The second-order valence-electron chi connectivity index (χ2n) is 8.83. The van der Waals surface area contributed by atoms with Crippen LogP contribution in [0.2, 0.25) is 0 Å². The van der Waals surface area contributed by atoms with Gasteiger partial charge in [-0.15, -0.1) is 0 Å². The molecule has 2 aliphatic rings. The normalized spacial score (nSPS) is 20.1. The molecule has 5 heteroatoms. The van der Waals surface area contributed by atoms with Crippen LogP contribution in [0.1, 0.15) is 60.1 Å². The number of nitrogens with zero attached hydrogens (tertiary/aromatic N) is 3. The maximum atomic E-state index is 13.6. The van der Waals surface area contributed by atoms with Gasteiger partial charge in [0.25, 0.3) is 5.91 Å². The number of likely N-dealkylation sites (tertiary alicyclic amines) is 1. The summed E-state index contributed by atoms with van der Waals surface area (Å²) < 4.78 is 2.11. The number of carbonyl (C=O) groups is 2. The number of aromatic nitrogens is 1. The van der Waals surface area contributed by atoms with Crippen molar-refractivity contribution in [3.63, 3.8) is 0 Å². The molecule has 0 aliphatic carbocycles. The zero-order valence-electron chi connectivity index (χ0n) is 18.3. The van der Waals surface area contributed by atoms with Crippen LogP contribution in [0.5, 0.6) is 0 Å². The van der Waals surface area contributed by atoms with E-state index in [1.165, 1.54) is 12.8 Å². The molecule has 2 amide bonds. The van der Waals surface area contributed by atoms with Crippen LogP contribution in [-0.4, -0.2) is 45.3 Å². The van der Waals surface area contributed by atoms with E-state index in [9.17, 15) is 9.59 Å². The zero-order valence-corrected chi connectivity index (χ0v) is 18.3. The van der Waals surface area contributed by atoms with Gasteiger partial charge in [-0.2, -0.15) is 0 Å². The Balaban J connectivity index is 1.60. The number of aryl methyl sites for hydroxylation is 1. The van der Waals surface area contributed by atoms with E-state index in [4.69, 9.17) is 0 Å². The number of hydrogen-bond donors (Lipinski definition) is 0. The van der Waals surface area contributed by atoms with E-state index >= 15 is 0 Å². The first kappa shape index (κ1) is 19.9. The lowest BCUT2D eigenvalue weighted by molar-refractivity contribution is -0.135. The first-order valence-electron chi connectivity index (χ1n) is 11.3. The van der Waals surface area contributed by atoms with E-state index in [-0.39, 0.29) is 17.9 Å². The van der Waals surface area contributed by atoms with Gasteiger partial charge >= 0.3 is 0 Å². The summed E-state index contributed by atoms with van der Waals surface area (Å²) in [5, 5.41) is 1.12. The largest absolute Gasteiger partial charge is 0.350 e. The van der Waals surface area contributed by atoms with E-state index in [1.54, 1.807) is 0 Å². The lowest BCUT2D eigenvalue weighted by Gasteiger charge is -2.34. The first-order valence-corrected chi connectivity index (χ1v) is 11.3. The Bertz CT molecular complexity index is 1140. The molecule has 2 atom stereocenters. The molecule has 1 fully saturated rings. The van der Waals surface area contributed by atoms with Crippen molar-refractivity contribution in [1.82, 2.24) is 14.4 Å². The Hall–Kier alpha value is -3.08. The number of fused-ring (bicyclic) bond motifs is 2. The zero-order chi connectivity index (χ0) is 21.5. The third-order valence-electron chi connectivity index (χ3n) is 6.91. The first-order chi connectivity index (χ1) is 15.1. The Morgan fingerprint density at radius 1 is 0.935 bits per heavy atom. The molecule has 2 aliphatic heterocycles. The quantitative estimate of drug-likeness (QED) is 0.632. The monoisotopic (exact) mass is 415 g/mol. The number of carbonyl (C=O) groups excluding carboxylic acids is 2. The minimum absolute atomic E-state index is 0.0517. The summed E-state index contributed by atoms with van der Waals surface area (Å²) in [7, 11) is 2.03. The smallest absolute Gasteiger partial charge is 0.255 e. The lowest BCUT2D eigenvalue weighted by Crippen LogP contribution is -2.49. The predicted molar refractivity (Wildman–Crippen MR) is 122 cm³/mol. The van der Waals surface area contributed by atoms with Crippen LogP contribution in [-0.2, 0) is 11.8 Å². The summed E-state index contributed by atoms with van der Waals surface area (Å²) in [5.74, 6) is 0.0116. The van der Waals surface area contributed by atoms with Gasteiger partial charge in [-0.25, -0.2) is 0 Å². The predicted octanol–water partition coefficient (Wildman–Crippen LogP) is 4.51. The summed E-state index contributed by atoms with van der Waals surface area (Å²) in [6, 6.07) is 15.3. The van der Waals surface area contributed by atoms with Crippen LogP contribution in [0.3, 0.4) is 0 Å². The van der Waals surface area contributed by atoms with Crippen molar-refractivity contribution < 1.29 is 9.59 Å². The van der Waals surface area contributed by atoms with Crippen LogP contribution >= 0.6 is 0 Å². The van der Waals surface area contributed by atoms with Crippen LogP contribution in [0.25, 0.3) is 10.9 Å². The van der Waals surface area contributed by atoms with E-state index in [0.717, 1.165) is 48.0 Å². The summed E-state index contributed by atoms with van der Waals surface area (Å²) in [6.45, 7) is 3.48. The fourth-order valence-corrected chi connectivity index (χ4v) is 5.32. The summed E-state index contributed by atoms with van der Waals surface area (Å²) in [4.78, 5) is 30.9. The molecule has 31 heavy (non-hydrogen) atoms. The lowest BCUT2D eigenvalue weighted by atomic mass is 9.97. The minimum Gasteiger partial charge on any atom is -0.350 e. The molecule has 0 radical (unpaired) electrons. The van der Waals surface area contributed by atoms with Crippen LogP contribution < -0.4 is 0 Å². The van der Waals surface area contributed by atoms with E-state index in [2.05, 4.69) is 22.9 Å². The second-order valence-corrected chi connectivity index (χ2v) is 8.83. The van der Waals surface area contributed by atoms with Crippen LogP contribution in [0.15, 0.2) is 54.7 Å². The van der Waals surface area contributed by atoms with Gasteiger partial charge in [0.15, 0.2) is 0 Å². The van der Waals surface area contributed by atoms with Crippen LogP contribution in [0.4, 0.5) is 0 Å². The SMILES string of the molecule is C[C@@H](C(=O)N1CCCCCC1)N1C(=O)c2ccccc2[C@@H]1c1cn(C)c2ccccc12. The Labute approximate surface area is 183 Å². The van der Waals surface area contributed by atoms with Crippen molar-refractivity contribution in [3.8, 4) is 0 Å². The number of amides is 2. The van der Waals surface area contributed by atoms with Gasteiger partial charge in [-0.3, -0.25) is 9.59 Å². The van der Waals surface area contributed by atoms with Gasteiger partial charge in [0.05, 0.1) is 6.04 Å². The van der Waals surface area contributed by atoms with E-state index < -0.39 is 6.04 Å². The molecular weight excluding hydrogens is 386 g/mol. The minimum atomic E-state index is -0.512. The van der Waals surface area contributed by atoms with Gasteiger partial charge in [0, 0.05) is 48.4 Å². The van der Waals surface area contributed by atoms with Crippen molar-refractivity contribution in [2.75, 3.05) is 13.1 Å². The van der Waals surface area contributed by atoms with E-state index in [1.807, 2.05) is 60.2 Å². The molecule has 1 aromatic heterocycles. The highest BCUT2D eigenvalue weighted by Crippen LogP contribution is 2.43. The average Bonchev–Trinajstić information content (AvgIpc) is 3.12. The highest BCUT2D eigenvalue weighted by Gasteiger charge is 2.44. The third-order valence-corrected chi connectivity index (χ3v) is 6.91. The van der Waals surface area contributed by atoms with Gasteiger partial charge in [-0.05, 0) is 37.5 Å². The molecule has 0 unspecified atom stereocenters. The molecule has 2 aromatic carbocycles. The van der Waals surface area contributed by atoms with Crippen molar-refractivity contribution in [1.29, 1.82) is 0 Å². The maximum absolute atomic E-state index is 13.6. The molecule has 0 bridgehead atoms. The highest BCUT2D eigenvalue weighted by molar-refractivity contribution is 6.03. The van der Waals surface area contributed by atoms with E-state index in [0.29, 0.717) is 5.56 Å². The standard InChI is InChI=1S/C26H29N3O2/c1-18(25(30)28-15-9-3-4-10-16-28)29-24(20-12-5-6-13-21(20)26(29)31)22-17-27(2)23-14-8-7-11-19(22)23/h5-8,11-14,17-18,24H,3-4,9-10,15-16H2,1-2H3/t18-,24+/m0/s1. The fraction of sp³-hybridized carbons (Fsp3) is 0.385. The molecule has 160 valence electrons. The Morgan fingerprint density at radius 2 is 1.61 bits per heavy atom. The number of hydrogen-bond acceptors (Lipinski definition) is 2. The summed E-state index contributed by atoms with van der Waals surface area (Å²) >= 11 is 0. The van der Waals surface area contributed by atoms with Gasteiger partial charge in [0.2, 0.25) is 5.91 Å². The molecule has 5 nitrogen and oxygen atoms in total. The topological polar surface area (TPSA) is 45.6 Å². The molecule has 0 N–H and O–H groups in total. The Morgan fingerprint density at radius 3 is 2.39 bits per heavy atom. The molecule has 1 saturated heterocycles. The Kier molecular flexibility index (Phi) is 5.05. The van der Waals surface area contributed by atoms with Crippen LogP contribution in [0, 0.1) is 0 Å². The molecule has 0 saturated carbocycles. The van der Waals surface area contributed by atoms with Crippen molar-refractivity contribution in [2.45, 2.75) is 44.7 Å². The van der Waals surface area contributed by atoms with Crippen molar-refractivity contribution in [2.24, 2.45) is 7.05 Å². The molecular formula is C26H29N3O2. The molecule has 5 rings (SSSR count). The molecule has 0 spiro atoms.